The average Bonchev–Trinajstić information content (AvgIpc) is 2.57. The zero-order valence-corrected chi connectivity index (χ0v) is 12.9. The molecule has 2 heterocycles. The van der Waals surface area contributed by atoms with Gasteiger partial charge in [-0.25, -0.2) is 4.79 Å². The first-order valence-electron chi connectivity index (χ1n) is 7.55. The van der Waals surface area contributed by atoms with Crippen LogP contribution in [0.4, 0.5) is 0 Å². The average molecular weight is 304 g/mol. The van der Waals surface area contributed by atoms with Crippen LogP contribution >= 0.6 is 0 Å². The first-order chi connectivity index (χ1) is 10.6. The van der Waals surface area contributed by atoms with Gasteiger partial charge in [-0.15, -0.1) is 0 Å². The highest BCUT2D eigenvalue weighted by atomic mass is 16.5. The predicted molar refractivity (Wildman–Crippen MR) is 81.8 cm³/mol. The van der Waals surface area contributed by atoms with Crippen LogP contribution in [0.3, 0.4) is 0 Å². The van der Waals surface area contributed by atoms with Crippen LogP contribution in [0, 0.1) is 5.92 Å². The number of hydrogen-bond acceptors (Lipinski definition) is 5. The second-order valence-corrected chi connectivity index (χ2v) is 5.92. The van der Waals surface area contributed by atoms with Gasteiger partial charge in [0.1, 0.15) is 0 Å². The van der Waals surface area contributed by atoms with Crippen LogP contribution in [0.25, 0.3) is 10.9 Å². The van der Waals surface area contributed by atoms with Crippen molar-refractivity contribution in [2.75, 3.05) is 7.11 Å². The number of methoxy groups -OCH3 is 1. The second-order valence-electron chi connectivity index (χ2n) is 5.92. The van der Waals surface area contributed by atoms with Crippen molar-refractivity contribution in [2.24, 2.45) is 13.0 Å². The van der Waals surface area contributed by atoms with E-state index < -0.39 is 0 Å². The van der Waals surface area contributed by atoms with Crippen molar-refractivity contribution in [3.8, 4) is 0 Å². The van der Waals surface area contributed by atoms with Crippen molar-refractivity contribution in [2.45, 2.75) is 38.3 Å². The molecule has 2 aromatic heterocycles. The molecule has 0 N–H and O–H groups in total. The summed E-state index contributed by atoms with van der Waals surface area (Å²) in [5, 5.41) is 7.94. The van der Waals surface area contributed by atoms with E-state index in [1.54, 1.807) is 14.2 Å². The predicted octanol–water partition coefficient (Wildman–Crippen LogP) is 0.695. The summed E-state index contributed by atoms with van der Waals surface area (Å²) in [6.07, 6.45) is 7.09. The highest BCUT2D eigenvalue weighted by molar-refractivity contribution is 5.75. The SMILES string of the molecule is COC1CCC(Cn2c(=O)c3cnncc3n(C)c2=O)CC1. The van der Waals surface area contributed by atoms with Crippen molar-refractivity contribution in [1.29, 1.82) is 0 Å². The largest absolute Gasteiger partial charge is 0.381 e. The topological polar surface area (TPSA) is 79.0 Å². The van der Waals surface area contributed by atoms with Gasteiger partial charge < -0.3 is 4.74 Å². The maximum Gasteiger partial charge on any atom is 0.331 e. The lowest BCUT2D eigenvalue weighted by Gasteiger charge is -2.27. The molecule has 22 heavy (non-hydrogen) atoms. The van der Waals surface area contributed by atoms with Crippen molar-refractivity contribution < 1.29 is 4.74 Å². The molecule has 1 fully saturated rings. The van der Waals surface area contributed by atoms with E-state index in [2.05, 4.69) is 10.2 Å². The first kappa shape index (κ1) is 14.9. The highest BCUT2D eigenvalue weighted by Gasteiger charge is 2.23. The van der Waals surface area contributed by atoms with Gasteiger partial charge in [-0.05, 0) is 31.6 Å². The summed E-state index contributed by atoms with van der Waals surface area (Å²) in [7, 11) is 3.39. The third kappa shape index (κ3) is 2.56. The van der Waals surface area contributed by atoms with E-state index in [-0.39, 0.29) is 11.2 Å². The molecule has 1 saturated carbocycles. The molecule has 0 atom stereocenters. The Balaban J connectivity index is 1.95. The minimum absolute atomic E-state index is 0.276. The van der Waals surface area contributed by atoms with Gasteiger partial charge in [-0.1, -0.05) is 0 Å². The molecular formula is C15H20N4O3. The van der Waals surface area contributed by atoms with Crippen molar-refractivity contribution in [3.05, 3.63) is 33.2 Å². The molecule has 2 aromatic rings. The van der Waals surface area contributed by atoms with Gasteiger partial charge in [0.05, 0.1) is 29.4 Å². The Labute approximate surface area is 127 Å². The van der Waals surface area contributed by atoms with E-state index in [0.29, 0.717) is 29.5 Å². The molecule has 118 valence electrons. The minimum Gasteiger partial charge on any atom is -0.381 e. The molecule has 0 unspecified atom stereocenters. The maximum absolute atomic E-state index is 12.6. The molecule has 7 nitrogen and oxygen atoms in total. The van der Waals surface area contributed by atoms with Crippen LogP contribution in [0.15, 0.2) is 22.0 Å². The smallest absolute Gasteiger partial charge is 0.331 e. The molecule has 0 amide bonds. The van der Waals surface area contributed by atoms with E-state index in [1.807, 2.05) is 0 Å². The fourth-order valence-corrected chi connectivity index (χ4v) is 3.23. The molecular weight excluding hydrogens is 284 g/mol. The molecule has 1 aliphatic carbocycles. The van der Waals surface area contributed by atoms with Gasteiger partial charge in [0.25, 0.3) is 5.56 Å². The van der Waals surface area contributed by atoms with Gasteiger partial charge in [0.2, 0.25) is 0 Å². The minimum atomic E-state index is -0.292. The third-order valence-corrected chi connectivity index (χ3v) is 4.63. The number of fused-ring (bicyclic) bond motifs is 1. The lowest BCUT2D eigenvalue weighted by molar-refractivity contribution is 0.0538. The number of aryl methyl sites for hydroxylation is 1. The fourth-order valence-electron chi connectivity index (χ4n) is 3.23. The summed E-state index contributed by atoms with van der Waals surface area (Å²) >= 11 is 0. The molecule has 3 rings (SSSR count). The van der Waals surface area contributed by atoms with E-state index in [9.17, 15) is 9.59 Å². The number of nitrogens with zero attached hydrogens (tertiary/aromatic N) is 4. The standard InChI is InChI=1S/C15H20N4O3/c1-18-13-8-17-16-7-12(13)14(20)19(15(18)21)9-10-3-5-11(22-2)6-4-10/h7-8,10-11H,3-6,9H2,1-2H3. The van der Waals surface area contributed by atoms with E-state index >= 15 is 0 Å². The molecule has 7 heteroatoms. The summed E-state index contributed by atoms with van der Waals surface area (Å²) in [6, 6.07) is 0. The maximum atomic E-state index is 12.6. The van der Waals surface area contributed by atoms with Gasteiger partial charge >= 0.3 is 5.69 Å². The second kappa shape index (κ2) is 6.00. The fraction of sp³-hybridized carbons (Fsp3) is 0.600. The van der Waals surface area contributed by atoms with Crippen molar-refractivity contribution >= 4 is 10.9 Å². The molecule has 0 saturated heterocycles. The van der Waals surface area contributed by atoms with Gasteiger partial charge in [0.15, 0.2) is 0 Å². The van der Waals surface area contributed by atoms with E-state index in [4.69, 9.17) is 4.74 Å². The molecule has 0 radical (unpaired) electrons. The quantitative estimate of drug-likeness (QED) is 0.834. The van der Waals surface area contributed by atoms with Crippen LogP contribution in [0.1, 0.15) is 25.7 Å². The van der Waals surface area contributed by atoms with E-state index in [1.165, 1.54) is 21.5 Å². The van der Waals surface area contributed by atoms with Crippen LogP contribution in [-0.2, 0) is 18.3 Å². The molecule has 1 aliphatic rings. The summed E-state index contributed by atoms with van der Waals surface area (Å²) in [6.45, 7) is 0.459. The number of hydrogen-bond donors (Lipinski definition) is 0. The van der Waals surface area contributed by atoms with Crippen LogP contribution in [0.5, 0.6) is 0 Å². The molecule has 0 spiro atoms. The Bertz CT molecular complexity index is 787. The number of aromatic nitrogens is 4. The molecule has 0 aliphatic heterocycles. The van der Waals surface area contributed by atoms with Crippen LogP contribution < -0.4 is 11.2 Å². The van der Waals surface area contributed by atoms with Gasteiger partial charge in [-0.3, -0.25) is 13.9 Å². The van der Waals surface area contributed by atoms with Crippen LogP contribution in [-0.4, -0.2) is 32.5 Å². The lowest BCUT2D eigenvalue weighted by Crippen LogP contribution is -2.41. The highest BCUT2D eigenvalue weighted by Crippen LogP contribution is 2.26. The Morgan fingerprint density at radius 3 is 2.55 bits per heavy atom. The molecule has 0 bridgehead atoms. The van der Waals surface area contributed by atoms with Gasteiger partial charge in [0, 0.05) is 20.7 Å². The van der Waals surface area contributed by atoms with E-state index in [0.717, 1.165) is 25.7 Å². The summed E-state index contributed by atoms with van der Waals surface area (Å²) < 4.78 is 8.16. The Morgan fingerprint density at radius 2 is 1.86 bits per heavy atom. The zero-order chi connectivity index (χ0) is 15.7. The van der Waals surface area contributed by atoms with Crippen molar-refractivity contribution in [1.82, 2.24) is 19.3 Å². The Kier molecular flexibility index (Phi) is 4.06. The molecule has 0 aromatic carbocycles. The zero-order valence-electron chi connectivity index (χ0n) is 12.9. The summed E-state index contributed by atoms with van der Waals surface area (Å²) in [4.78, 5) is 25.0. The van der Waals surface area contributed by atoms with Crippen molar-refractivity contribution in [3.63, 3.8) is 0 Å². The summed E-state index contributed by atoms with van der Waals surface area (Å²) in [5.41, 5.74) is -0.0504. The number of ether oxygens (including phenoxy) is 1. The normalized spacial score (nSPS) is 22.1. The lowest BCUT2D eigenvalue weighted by atomic mass is 9.87. The summed E-state index contributed by atoms with van der Waals surface area (Å²) in [5.74, 6) is 0.337. The Morgan fingerprint density at radius 1 is 1.18 bits per heavy atom. The van der Waals surface area contributed by atoms with Crippen LogP contribution in [0.2, 0.25) is 0 Å². The van der Waals surface area contributed by atoms with Gasteiger partial charge in [-0.2, -0.15) is 10.2 Å². The number of rotatable bonds is 3. The first-order valence-corrected chi connectivity index (χ1v) is 7.55. The Hall–Kier alpha value is -2.02. The third-order valence-electron chi connectivity index (χ3n) is 4.63. The monoisotopic (exact) mass is 304 g/mol.